The quantitative estimate of drug-likeness (QED) is 0.895. The second-order valence-electron chi connectivity index (χ2n) is 4.37. The lowest BCUT2D eigenvalue weighted by atomic mass is 9.83. The Morgan fingerprint density at radius 2 is 2.39 bits per heavy atom. The van der Waals surface area contributed by atoms with Gasteiger partial charge in [0.15, 0.2) is 0 Å². The van der Waals surface area contributed by atoms with Crippen LogP contribution in [-0.2, 0) is 4.74 Å². The maximum atomic E-state index is 9.08. The zero-order valence-corrected chi connectivity index (χ0v) is 11.8. The minimum absolute atomic E-state index is 0.0753. The zero-order valence-electron chi connectivity index (χ0n) is 10.2. The van der Waals surface area contributed by atoms with Crippen LogP contribution in [-0.4, -0.2) is 24.8 Å². The Balaban J connectivity index is 2.13. The molecule has 1 fully saturated rings. The highest BCUT2D eigenvalue weighted by Gasteiger charge is 2.39. The van der Waals surface area contributed by atoms with E-state index in [1.54, 1.807) is 6.07 Å². The average Bonchev–Trinajstić information content (AvgIpc) is 2.36. The first kappa shape index (κ1) is 13.3. The number of halogens is 1. The molecule has 3 unspecified atom stereocenters. The fraction of sp³-hybridized carbons (Fsp3) is 0.462. The normalized spacial score (nSPS) is 26.2. The van der Waals surface area contributed by atoms with Crippen LogP contribution in [0.3, 0.4) is 0 Å². The molecular formula is C13H16BrN3O. The van der Waals surface area contributed by atoms with E-state index in [-0.39, 0.29) is 18.2 Å². The minimum Gasteiger partial charge on any atom is -0.377 e. The Kier molecular flexibility index (Phi) is 4.23. The maximum Gasteiger partial charge on any atom is 0.101 e. The monoisotopic (exact) mass is 309 g/mol. The zero-order chi connectivity index (χ0) is 13.1. The molecule has 0 radical (unpaired) electrons. The van der Waals surface area contributed by atoms with Crippen LogP contribution in [0.1, 0.15) is 18.9 Å². The van der Waals surface area contributed by atoms with Crippen LogP contribution in [0.4, 0.5) is 5.69 Å². The SMILES string of the molecule is CCOC1CC(N)C1Nc1cc(Br)ccc1C#N. The maximum absolute atomic E-state index is 9.08. The molecule has 0 amide bonds. The van der Waals surface area contributed by atoms with Crippen molar-refractivity contribution in [2.75, 3.05) is 11.9 Å². The van der Waals surface area contributed by atoms with Crippen molar-refractivity contribution in [3.05, 3.63) is 28.2 Å². The highest BCUT2D eigenvalue weighted by atomic mass is 79.9. The van der Waals surface area contributed by atoms with Crippen LogP contribution in [0.15, 0.2) is 22.7 Å². The third-order valence-corrected chi connectivity index (χ3v) is 3.66. The topological polar surface area (TPSA) is 71.1 Å². The van der Waals surface area contributed by atoms with E-state index in [4.69, 9.17) is 15.7 Å². The van der Waals surface area contributed by atoms with Gasteiger partial charge in [0.05, 0.1) is 23.4 Å². The van der Waals surface area contributed by atoms with Gasteiger partial charge in [0.25, 0.3) is 0 Å². The molecule has 3 atom stereocenters. The Hall–Kier alpha value is -1.09. The van der Waals surface area contributed by atoms with E-state index in [1.165, 1.54) is 0 Å². The van der Waals surface area contributed by atoms with Crippen LogP contribution in [0.5, 0.6) is 0 Å². The number of ether oxygens (including phenoxy) is 1. The number of rotatable bonds is 4. The van der Waals surface area contributed by atoms with Gasteiger partial charge >= 0.3 is 0 Å². The van der Waals surface area contributed by atoms with Crippen molar-refractivity contribution < 1.29 is 4.74 Å². The molecule has 1 aliphatic carbocycles. The highest BCUT2D eigenvalue weighted by Crippen LogP contribution is 2.29. The molecule has 0 bridgehead atoms. The lowest BCUT2D eigenvalue weighted by Crippen LogP contribution is -2.60. The van der Waals surface area contributed by atoms with Crippen molar-refractivity contribution in [3.63, 3.8) is 0 Å². The van der Waals surface area contributed by atoms with Crippen molar-refractivity contribution in [2.24, 2.45) is 5.73 Å². The molecule has 18 heavy (non-hydrogen) atoms. The van der Waals surface area contributed by atoms with E-state index in [9.17, 15) is 0 Å². The number of hydrogen-bond acceptors (Lipinski definition) is 4. The summed E-state index contributed by atoms with van der Waals surface area (Å²) in [4.78, 5) is 0. The second kappa shape index (κ2) is 5.70. The van der Waals surface area contributed by atoms with E-state index >= 15 is 0 Å². The largest absolute Gasteiger partial charge is 0.377 e. The van der Waals surface area contributed by atoms with Gasteiger partial charge in [0, 0.05) is 17.1 Å². The Bertz CT molecular complexity index is 470. The highest BCUT2D eigenvalue weighted by molar-refractivity contribution is 9.10. The molecule has 0 aromatic heterocycles. The number of anilines is 1. The van der Waals surface area contributed by atoms with Crippen molar-refractivity contribution >= 4 is 21.6 Å². The summed E-state index contributed by atoms with van der Waals surface area (Å²) in [5.74, 6) is 0. The molecule has 4 nitrogen and oxygen atoms in total. The number of nitrogens with zero attached hydrogens (tertiary/aromatic N) is 1. The predicted octanol–water partition coefficient (Wildman–Crippen LogP) is 2.24. The molecule has 3 N–H and O–H groups in total. The summed E-state index contributed by atoms with van der Waals surface area (Å²) >= 11 is 3.40. The minimum atomic E-state index is 0.0753. The van der Waals surface area contributed by atoms with E-state index in [2.05, 4.69) is 27.3 Å². The molecule has 1 saturated carbocycles. The number of benzene rings is 1. The van der Waals surface area contributed by atoms with Crippen molar-refractivity contribution in [2.45, 2.75) is 31.5 Å². The van der Waals surface area contributed by atoms with E-state index in [1.807, 2.05) is 19.1 Å². The average molecular weight is 310 g/mol. The standard InChI is InChI=1S/C13H16BrN3O/c1-2-18-12-6-10(16)13(12)17-11-5-9(14)4-3-8(11)7-15/h3-5,10,12-13,17H,2,6,16H2,1H3. The van der Waals surface area contributed by atoms with Gasteiger partial charge in [-0.3, -0.25) is 0 Å². The first-order valence-corrected chi connectivity index (χ1v) is 6.78. The molecular weight excluding hydrogens is 294 g/mol. The molecule has 1 aliphatic rings. The van der Waals surface area contributed by atoms with Gasteiger partial charge in [-0.2, -0.15) is 5.26 Å². The third-order valence-electron chi connectivity index (χ3n) is 3.17. The summed E-state index contributed by atoms with van der Waals surface area (Å²) in [5.41, 5.74) is 7.40. The molecule has 96 valence electrons. The Morgan fingerprint density at radius 1 is 1.61 bits per heavy atom. The fourth-order valence-corrected chi connectivity index (χ4v) is 2.50. The van der Waals surface area contributed by atoms with Crippen LogP contribution in [0.25, 0.3) is 0 Å². The lowest BCUT2D eigenvalue weighted by molar-refractivity contribution is -0.0126. The first-order chi connectivity index (χ1) is 8.65. The molecule has 1 aromatic rings. The van der Waals surface area contributed by atoms with Crippen molar-refractivity contribution in [1.29, 1.82) is 5.26 Å². The molecule has 0 saturated heterocycles. The van der Waals surface area contributed by atoms with Gasteiger partial charge in [-0.05, 0) is 31.5 Å². The Labute approximate surface area is 115 Å². The van der Waals surface area contributed by atoms with Gasteiger partial charge in [0.2, 0.25) is 0 Å². The van der Waals surface area contributed by atoms with E-state index in [0.29, 0.717) is 12.2 Å². The third kappa shape index (κ3) is 2.66. The Morgan fingerprint density at radius 3 is 3.00 bits per heavy atom. The second-order valence-corrected chi connectivity index (χ2v) is 5.28. The van der Waals surface area contributed by atoms with Gasteiger partial charge < -0.3 is 15.8 Å². The van der Waals surface area contributed by atoms with Crippen LogP contribution in [0.2, 0.25) is 0 Å². The van der Waals surface area contributed by atoms with Crippen LogP contribution >= 0.6 is 15.9 Å². The fourth-order valence-electron chi connectivity index (χ4n) is 2.14. The summed E-state index contributed by atoms with van der Waals surface area (Å²) in [5, 5.41) is 12.4. The first-order valence-electron chi connectivity index (χ1n) is 5.99. The molecule has 0 heterocycles. The molecule has 1 aromatic carbocycles. The van der Waals surface area contributed by atoms with Gasteiger partial charge in [0.1, 0.15) is 6.07 Å². The van der Waals surface area contributed by atoms with Crippen molar-refractivity contribution in [1.82, 2.24) is 0 Å². The smallest absolute Gasteiger partial charge is 0.101 e. The van der Waals surface area contributed by atoms with E-state index in [0.717, 1.165) is 16.6 Å². The van der Waals surface area contributed by atoms with Gasteiger partial charge in [-0.1, -0.05) is 15.9 Å². The van der Waals surface area contributed by atoms with Crippen molar-refractivity contribution in [3.8, 4) is 6.07 Å². The van der Waals surface area contributed by atoms with Gasteiger partial charge in [-0.25, -0.2) is 0 Å². The lowest BCUT2D eigenvalue weighted by Gasteiger charge is -2.43. The van der Waals surface area contributed by atoms with Gasteiger partial charge in [-0.15, -0.1) is 0 Å². The summed E-state index contributed by atoms with van der Waals surface area (Å²) in [6.45, 7) is 2.65. The summed E-state index contributed by atoms with van der Waals surface area (Å²) in [6.07, 6.45) is 0.997. The summed E-state index contributed by atoms with van der Waals surface area (Å²) in [7, 11) is 0. The van der Waals surface area contributed by atoms with Crippen LogP contribution in [0, 0.1) is 11.3 Å². The predicted molar refractivity (Wildman–Crippen MR) is 74.3 cm³/mol. The molecule has 5 heteroatoms. The molecule has 0 spiro atoms. The van der Waals surface area contributed by atoms with E-state index < -0.39 is 0 Å². The number of hydrogen-bond donors (Lipinski definition) is 2. The number of nitrogens with two attached hydrogens (primary N) is 1. The number of nitrogens with one attached hydrogen (secondary N) is 1. The summed E-state index contributed by atoms with van der Waals surface area (Å²) < 4.78 is 6.53. The van der Waals surface area contributed by atoms with Crippen LogP contribution < -0.4 is 11.1 Å². The summed E-state index contributed by atoms with van der Waals surface area (Å²) in [6, 6.07) is 7.86. The molecule has 2 rings (SSSR count). The number of nitriles is 1. The molecule has 0 aliphatic heterocycles.